The van der Waals surface area contributed by atoms with Crippen molar-refractivity contribution >= 4 is 11.0 Å². The van der Waals surface area contributed by atoms with Crippen LogP contribution in [0.3, 0.4) is 0 Å². The van der Waals surface area contributed by atoms with Gasteiger partial charge in [-0.25, -0.2) is 13.9 Å². The van der Waals surface area contributed by atoms with Crippen LogP contribution in [0.4, 0.5) is 4.39 Å². The highest BCUT2D eigenvalue weighted by Crippen LogP contribution is 2.31. The van der Waals surface area contributed by atoms with Gasteiger partial charge in [-0.1, -0.05) is 53.7 Å². The Morgan fingerprint density at radius 3 is 2.38 bits per heavy atom. The summed E-state index contributed by atoms with van der Waals surface area (Å²) in [7, 11) is 0. The zero-order valence-electron chi connectivity index (χ0n) is 15.1. The van der Waals surface area contributed by atoms with Crippen molar-refractivity contribution in [2.75, 3.05) is 0 Å². The molecule has 5 aromatic rings. The molecule has 6 heteroatoms. The molecule has 5 rings (SSSR count). The van der Waals surface area contributed by atoms with Crippen molar-refractivity contribution in [3.8, 4) is 28.2 Å². The normalized spacial score (nSPS) is 11.1. The Bertz CT molecular complexity index is 1370. The summed E-state index contributed by atoms with van der Waals surface area (Å²) in [6.45, 7) is 0. The summed E-state index contributed by atoms with van der Waals surface area (Å²) in [4.78, 5) is 12.7. The third-order valence-electron chi connectivity index (χ3n) is 4.69. The highest BCUT2D eigenvalue weighted by Gasteiger charge is 2.21. The average Bonchev–Trinajstić information content (AvgIpc) is 3.19. The zero-order chi connectivity index (χ0) is 19.8. The van der Waals surface area contributed by atoms with Crippen LogP contribution < -0.4 is 5.63 Å². The van der Waals surface area contributed by atoms with Gasteiger partial charge >= 0.3 is 5.63 Å². The van der Waals surface area contributed by atoms with Crippen LogP contribution in [-0.2, 0) is 0 Å². The van der Waals surface area contributed by atoms with Crippen molar-refractivity contribution in [2.45, 2.75) is 0 Å². The molecule has 140 valence electrons. The molecule has 0 spiro atoms. The van der Waals surface area contributed by atoms with Crippen molar-refractivity contribution in [1.82, 2.24) is 15.0 Å². The van der Waals surface area contributed by atoms with Crippen LogP contribution in [0.1, 0.15) is 0 Å². The number of para-hydroxylation sites is 1. The van der Waals surface area contributed by atoms with Gasteiger partial charge in [0.15, 0.2) is 0 Å². The van der Waals surface area contributed by atoms with E-state index in [9.17, 15) is 9.18 Å². The van der Waals surface area contributed by atoms with Crippen molar-refractivity contribution in [1.29, 1.82) is 0 Å². The maximum Gasteiger partial charge on any atom is 0.345 e. The van der Waals surface area contributed by atoms with E-state index in [1.54, 1.807) is 28.9 Å². The number of rotatable bonds is 3. The third-order valence-corrected chi connectivity index (χ3v) is 4.69. The lowest BCUT2D eigenvalue weighted by molar-refractivity contribution is 0.563. The summed E-state index contributed by atoms with van der Waals surface area (Å²) in [5.74, 6) is -0.342. The lowest BCUT2D eigenvalue weighted by Crippen LogP contribution is -2.04. The number of hydrogen-bond acceptors (Lipinski definition) is 4. The summed E-state index contributed by atoms with van der Waals surface area (Å²) in [5, 5.41) is 9.33. The molecule has 0 aliphatic heterocycles. The van der Waals surface area contributed by atoms with E-state index in [-0.39, 0.29) is 5.82 Å². The molecule has 5 nitrogen and oxygen atoms in total. The van der Waals surface area contributed by atoms with E-state index in [4.69, 9.17) is 4.42 Å². The lowest BCUT2D eigenvalue weighted by atomic mass is 10.0. The van der Waals surface area contributed by atoms with Gasteiger partial charge in [0.05, 0.1) is 11.3 Å². The van der Waals surface area contributed by atoms with Crippen LogP contribution in [0.2, 0.25) is 0 Å². The van der Waals surface area contributed by atoms with Gasteiger partial charge in [-0.3, -0.25) is 0 Å². The number of benzene rings is 3. The summed E-state index contributed by atoms with van der Waals surface area (Å²) in [6, 6.07) is 24.5. The molecule has 3 aromatic carbocycles. The van der Waals surface area contributed by atoms with E-state index in [1.807, 2.05) is 48.5 Å². The second-order valence-electron chi connectivity index (χ2n) is 6.53. The summed E-state index contributed by atoms with van der Waals surface area (Å²) in [5.41, 5.74) is 2.81. The lowest BCUT2D eigenvalue weighted by Gasteiger charge is -2.08. The van der Waals surface area contributed by atoms with Crippen LogP contribution >= 0.6 is 0 Å². The van der Waals surface area contributed by atoms with E-state index < -0.39 is 5.63 Å². The predicted molar refractivity (Wildman–Crippen MR) is 108 cm³/mol. The molecule has 0 bridgehead atoms. The Balaban J connectivity index is 1.79. The largest absolute Gasteiger partial charge is 0.422 e. The molecule has 0 saturated carbocycles. The molecular weight excluding hydrogens is 369 g/mol. The van der Waals surface area contributed by atoms with Crippen LogP contribution in [0, 0.1) is 5.82 Å². The molecule has 0 aliphatic rings. The van der Waals surface area contributed by atoms with Crippen LogP contribution in [0.15, 0.2) is 94.1 Å². The minimum atomic E-state index is -0.493. The van der Waals surface area contributed by atoms with E-state index >= 15 is 0 Å². The number of fused-ring (bicyclic) bond motifs is 1. The Kier molecular flexibility index (Phi) is 4.02. The summed E-state index contributed by atoms with van der Waals surface area (Å²) >= 11 is 0. The monoisotopic (exact) mass is 383 g/mol. The first-order valence-corrected chi connectivity index (χ1v) is 9.01. The minimum Gasteiger partial charge on any atom is -0.422 e. The summed E-state index contributed by atoms with van der Waals surface area (Å²) in [6.07, 6.45) is 0. The highest BCUT2D eigenvalue weighted by molar-refractivity contribution is 5.85. The number of nitrogens with zero attached hydrogens (tertiary/aromatic N) is 3. The molecule has 0 N–H and O–H groups in total. The van der Waals surface area contributed by atoms with E-state index in [2.05, 4.69) is 10.3 Å². The first-order valence-electron chi connectivity index (χ1n) is 9.01. The molecule has 0 saturated heterocycles. The van der Waals surface area contributed by atoms with E-state index in [0.717, 1.165) is 10.9 Å². The molecule has 0 unspecified atom stereocenters. The molecule has 2 heterocycles. The van der Waals surface area contributed by atoms with Crippen molar-refractivity contribution in [3.05, 3.63) is 101 Å². The molecule has 0 fully saturated rings. The Labute approximate surface area is 164 Å². The fourth-order valence-corrected chi connectivity index (χ4v) is 3.31. The van der Waals surface area contributed by atoms with Crippen molar-refractivity contribution < 1.29 is 8.81 Å². The van der Waals surface area contributed by atoms with E-state index in [1.165, 1.54) is 12.1 Å². The second-order valence-corrected chi connectivity index (χ2v) is 6.53. The average molecular weight is 383 g/mol. The topological polar surface area (TPSA) is 60.9 Å². The quantitative estimate of drug-likeness (QED) is 0.418. The van der Waals surface area contributed by atoms with Gasteiger partial charge in [0, 0.05) is 10.9 Å². The summed E-state index contributed by atoms with van der Waals surface area (Å²) < 4.78 is 20.5. The maximum atomic E-state index is 13.4. The molecule has 0 aliphatic carbocycles. The fraction of sp³-hybridized carbons (Fsp3) is 0. The fourth-order valence-electron chi connectivity index (χ4n) is 3.31. The zero-order valence-corrected chi connectivity index (χ0v) is 15.1. The van der Waals surface area contributed by atoms with Gasteiger partial charge in [-0.2, -0.15) is 0 Å². The molecule has 29 heavy (non-hydrogen) atoms. The van der Waals surface area contributed by atoms with Crippen molar-refractivity contribution in [3.63, 3.8) is 0 Å². The number of hydrogen-bond donors (Lipinski definition) is 0. The first-order chi connectivity index (χ1) is 14.2. The second kappa shape index (κ2) is 6.83. The van der Waals surface area contributed by atoms with Gasteiger partial charge in [0.25, 0.3) is 0 Å². The van der Waals surface area contributed by atoms with Gasteiger partial charge in [0.1, 0.15) is 22.8 Å². The molecule has 0 radical (unpaired) electrons. The SMILES string of the molecule is O=c1oc2ccccc2cc1-c1nnn(-c2ccc(F)cc2)c1-c1ccccc1. The predicted octanol–water partition coefficient (Wildman–Crippen LogP) is 4.85. The standard InChI is InChI=1S/C23H14FN3O2/c24-17-10-12-18(13-11-17)27-22(15-6-2-1-3-7-15)21(25-26-27)19-14-16-8-4-5-9-20(16)29-23(19)28/h1-14H. The Morgan fingerprint density at radius 2 is 1.59 bits per heavy atom. The highest BCUT2D eigenvalue weighted by atomic mass is 19.1. The molecular formula is C23H14FN3O2. The first kappa shape index (κ1) is 17.1. The molecule has 0 atom stereocenters. The molecule has 2 aromatic heterocycles. The number of aromatic nitrogens is 3. The Hall–Kier alpha value is -4.06. The van der Waals surface area contributed by atoms with Gasteiger partial charge in [0.2, 0.25) is 0 Å². The minimum absolute atomic E-state index is 0.316. The molecule has 0 amide bonds. The van der Waals surface area contributed by atoms with Gasteiger partial charge in [-0.05, 0) is 36.4 Å². The number of halogens is 1. The van der Waals surface area contributed by atoms with Gasteiger partial charge in [-0.15, -0.1) is 5.10 Å². The smallest absolute Gasteiger partial charge is 0.345 e. The Morgan fingerprint density at radius 1 is 0.862 bits per heavy atom. The van der Waals surface area contributed by atoms with Gasteiger partial charge < -0.3 is 4.42 Å². The van der Waals surface area contributed by atoms with Crippen LogP contribution in [-0.4, -0.2) is 15.0 Å². The van der Waals surface area contributed by atoms with Crippen LogP contribution in [0.5, 0.6) is 0 Å². The third kappa shape index (κ3) is 3.00. The maximum absolute atomic E-state index is 13.4. The van der Waals surface area contributed by atoms with E-state index in [0.29, 0.717) is 28.2 Å². The van der Waals surface area contributed by atoms with Crippen LogP contribution in [0.25, 0.3) is 39.2 Å². The van der Waals surface area contributed by atoms with Crippen molar-refractivity contribution in [2.24, 2.45) is 0 Å².